The van der Waals surface area contributed by atoms with Gasteiger partial charge in [0.15, 0.2) is 12.4 Å². The molecule has 0 saturated carbocycles. The first kappa shape index (κ1) is 13.8. The number of nitrogens with one attached hydrogen (secondary N) is 1. The number of rotatable bonds is 5. The number of amides is 1. The van der Waals surface area contributed by atoms with Crippen molar-refractivity contribution < 1.29 is 14.3 Å². The molecule has 0 radical (unpaired) electrons. The molecule has 1 N–H and O–H groups in total. The van der Waals surface area contributed by atoms with Crippen molar-refractivity contribution in [3.05, 3.63) is 42.2 Å². The summed E-state index contributed by atoms with van der Waals surface area (Å²) in [4.78, 5) is 22.8. The van der Waals surface area contributed by atoms with Crippen LogP contribution in [0.1, 0.15) is 17.3 Å². The first-order valence-electron chi connectivity index (χ1n) is 6.07. The number of nitrogens with zero attached hydrogens (tertiary/aromatic N) is 2. The first-order chi connectivity index (χ1) is 9.54. The van der Waals surface area contributed by atoms with Crippen LogP contribution in [-0.2, 0) is 11.8 Å². The van der Waals surface area contributed by atoms with Crippen LogP contribution in [0.5, 0.6) is 5.75 Å². The highest BCUT2D eigenvalue weighted by molar-refractivity contribution is 5.94. The van der Waals surface area contributed by atoms with Crippen molar-refractivity contribution in [1.82, 2.24) is 9.78 Å². The lowest BCUT2D eigenvalue weighted by molar-refractivity contribution is -0.118. The van der Waals surface area contributed by atoms with Gasteiger partial charge >= 0.3 is 0 Å². The van der Waals surface area contributed by atoms with Crippen LogP contribution in [0.3, 0.4) is 0 Å². The summed E-state index contributed by atoms with van der Waals surface area (Å²) in [5.41, 5.74) is 1.23. The summed E-state index contributed by atoms with van der Waals surface area (Å²) in [6.45, 7) is 1.39. The number of ether oxygens (including phenoxy) is 1. The van der Waals surface area contributed by atoms with Crippen LogP contribution in [0.25, 0.3) is 0 Å². The average Bonchev–Trinajstić information content (AvgIpc) is 2.82. The van der Waals surface area contributed by atoms with Crippen LogP contribution in [-0.4, -0.2) is 28.1 Å². The van der Waals surface area contributed by atoms with Crippen molar-refractivity contribution in [2.24, 2.45) is 7.05 Å². The summed E-state index contributed by atoms with van der Waals surface area (Å²) < 4.78 is 6.93. The molecular formula is C14H15N3O3. The largest absolute Gasteiger partial charge is 0.484 e. The number of ketones is 1. The molecule has 6 heteroatoms. The van der Waals surface area contributed by atoms with Crippen molar-refractivity contribution in [1.29, 1.82) is 0 Å². The van der Waals surface area contributed by atoms with E-state index in [9.17, 15) is 9.59 Å². The molecule has 0 unspecified atom stereocenters. The van der Waals surface area contributed by atoms with Gasteiger partial charge in [-0.2, -0.15) is 5.10 Å². The Bertz CT molecular complexity index is 617. The Hall–Kier alpha value is -2.63. The molecule has 1 heterocycles. The van der Waals surface area contributed by atoms with Crippen molar-refractivity contribution in [2.75, 3.05) is 11.9 Å². The lowest BCUT2D eigenvalue weighted by Crippen LogP contribution is -2.19. The number of aryl methyl sites for hydroxylation is 1. The second-order valence-corrected chi connectivity index (χ2v) is 4.32. The number of benzene rings is 1. The van der Waals surface area contributed by atoms with Crippen LogP contribution in [0.2, 0.25) is 0 Å². The normalized spacial score (nSPS) is 10.1. The molecule has 0 saturated heterocycles. The summed E-state index contributed by atoms with van der Waals surface area (Å²) in [6, 6.07) is 6.65. The topological polar surface area (TPSA) is 73.2 Å². The SMILES string of the molecule is CC(=O)c1ccc(OCC(=O)Nc2cnn(C)c2)cc1. The number of hydrogen-bond donors (Lipinski definition) is 1. The van der Waals surface area contributed by atoms with Gasteiger partial charge in [-0.1, -0.05) is 0 Å². The van der Waals surface area contributed by atoms with Crippen molar-refractivity contribution in [2.45, 2.75) is 6.92 Å². The molecule has 2 rings (SSSR count). The van der Waals surface area contributed by atoms with Crippen LogP contribution in [0.4, 0.5) is 5.69 Å². The summed E-state index contributed by atoms with van der Waals surface area (Å²) in [5, 5.41) is 6.60. The third-order valence-electron chi connectivity index (χ3n) is 2.62. The van der Waals surface area contributed by atoms with Gasteiger partial charge in [0, 0.05) is 18.8 Å². The Balaban J connectivity index is 1.85. The van der Waals surface area contributed by atoms with Crippen LogP contribution in [0.15, 0.2) is 36.7 Å². The summed E-state index contributed by atoms with van der Waals surface area (Å²) in [7, 11) is 1.77. The molecule has 104 valence electrons. The van der Waals surface area contributed by atoms with Crippen LogP contribution >= 0.6 is 0 Å². The minimum Gasteiger partial charge on any atom is -0.484 e. The van der Waals surface area contributed by atoms with E-state index >= 15 is 0 Å². The lowest BCUT2D eigenvalue weighted by Gasteiger charge is -2.06. The molecule has 0 fully saturated rings. The van der Waals surface area contributed by atoms with Gasteiger partial charge in [-0.3, -0.25) is 14.3 Å². The van der Waals surface area contributed by atoms with E-state index < -0.39 is 0 Å². The quantitative estimate of drug-likeness (QED) is 0.840. The number of anilines is 1. The Kier molecular flexibility index (Phi) is 4.14. The average molecular weight is 273 g/mol. The second kappa shape index (κ2) is 6.01. The van der Waals surface area contributed by atoms with E-state index in [0.717, 1.165) is 0 Å². The number of hydrogen-bond acceptors (Lipinski definition) is 4. The Labute approximate surface area is 116 Å². The third kappa shape index (κ3) is 3.68. The first-order valence-corrected chi connectivity index (χ1v) is 6.07. The molecule has 20 heavy (non-hydrogen) atoms. The van der Waals surface area contributed by atoms with Crippen LogP contribution < -0.4 is 10.1 Å². The summed E-state index contributed by atoms with van der Waals surface area (Å²) in [5.74, 6) is 0.260. The van der Waals surface area contributed by atoms with Gasteiger partial charge in [0.2, 0.25) is 0 Å². The van der Waals surface area contributed by atoms with Gasteiger partial charge in [0.1, 0.15) is 5.75 Å². The second-order valence-electron chi connectivity index (χ2n) is 4.32. The molecule has 0 aliphatic heterocycles. The number of Topliss-reactive ketones (excluding diaryl/α,β-unsaturated/α-hetero) is 1. The number of aromatic nitrogens is 2. The van der Waals surface area contributed by atoms with Gasteiger partial charge in [-0.15, -0.1) is 0 Å². The molecule has 0 bridgehead atoms. The smallest absolute Gasteiger partial charge is 0.262 e. The minimum atomic E-state index is -0.270. The lowest BCUT2D eigenvalue weighted by atomic mass is 10.1. The summed E-state index contributed by atoms with van der Waals surface area (Å²) in [6.07, 6.45) is 3.25. The fourth-order valence-electron chi connectivity index (χ4n) is 1.62. The van der Waals surface area contributed by atoms with Crippen LogP contribution in [0, 0.1) is 0 Å². The monoisotopic (exact) mass is 273 g/mol. The highest BCUT2D eigenvalue weighted by Crippen LogP contribution is 2.12. The standard InChI is InChI=1S/C14H15N3O3/c1-10(18)11-3-5-13(6-4-11)20-9-14(19)16-12-7-15-17(2)8-12/h3-8H,9H2,1-2H3,(H,16,19). The zero-order chi connectivity index (χ0) is 14.5. The van der Waals surface area contributed by atoms with E-state index in [2.05, 4.69) is 10.4 Å². The van der Waals surface area contributed by atoms with Gasteiger partial charge in [0.05, 0.1) is 11.9 Å². The molecule has 0 aliphatic carbocycles. The van der Waals surface area contributed by atoms with Crippen molar-refractivity contribution >= 4 is 17.4 Å². The molecule has 1 amide bonds. The number of carbonyl (C=O) groups excluding carboxylic acids is 2. The Morgan fingerprint density at radius 2 is 2.00 bits per heavy atom. The third-order valence-corrected chi connectivity index (χ3v) is 2.62. The highest BCUT2D eigenvalue weighted by atomic mass is 16.5. The molecule has 0 spiro atoms. The maximum atomic E-state index is 11.6. The zero-order valence-electron chi connectivity index (χ0n) is 11.3. The predicted molar refractivity (Wildman–Crippen MR) is 73.8 cm³/mol. The molecule has 2 aromatic rings. The molecule has 0 aliphatic rings. The summed E-state index contributed by atoms with van der Waals surface area (Å²) >= 11 is 0. The van der Waals surface area contributed by atoms with Gasteiger partial charge in [-0.05, 0) is 31.2 Å². The van der Waals surface area contributed by atoms with Crippen molar-refractivity contribution in [3.63, 3.8) is 0 Å². The fourth-order valence-corrected chi connectivity index (χ4v) is 1.62. The van der Waals surface area contributed by atoms with E-state index in [1.165, 1.54) is 6.92 Å². The highest BCUT2D eigenvalue weighted by Gasteiger charge is 2.05. The maximum absolute atomic E-state index is 11.6. The molecule has 6 nitrogen and oxygen atoms in total. The Morgan fingerprint density at radius 3 is 2.55 bits per heavy atom. The van der Waals surface area contributed by atoms with E-state index in [0.29, 0.717) is 17.0 Å². The predicted octanol–water partition coefficient (Wildman–Crippen LogP) is 1.64. The minimum absolute atomic E-state index is 0.00845. The van der Waals surface area contributed by atoms with Gasteiger partial charge < -0.3 is 10.1 Å². The van der Waals surface area contributed by atoms with E-state index in [4.69, 9.17) is 4.74 Å². The molecule has 1 aromatic heterocycles. The zero-order valence-corrected chi connectivity index (χ0v) is 11.3. The Morgan fingerprint density at radius 1 is 1.30 bits per heavy atom. The molecular weight excluding hydrogens is 258 g/mol. The maximum Gasteiger partial charge on any atom is 0.262 e. The van der Waals surface area contributed by atoms with E-state index in [-0.39, 0.29) is 18.3 Å². The van der Waals surface area contributed by atoms with Crippen molar-refractivity contribution in [3.8, 4) is 5.75 Å². The molecule has 0 atom stereocenters. The van der Waals surface area contributed by atoms with Gasteiger partial charge in [-0.25, -0.2) is 0 Å². The van der Waals surface area contributed by atoms with E-state index in [1.54, 1.807) is 48.4 Å². The number of carbonyl (C=O) groups is 2. The molecule has 1 aromatic carbocycles. The van der Waals surface area contributed by atoms with Gasteiger partial charge in [0.25, 0.3) is 5.91 Å². The fraction of sp³-hybridized carbons (Fsp3) is 0.214. The van der Waals surface area contributed by atoms with E-state index in [1.807, 2.05) is 0 Å².